The van der Waals surface area contributed by atoms with E-state index in [1.54, 1.807) is 18.2 Å². The Kier molecular flexibility index (Phi) is 6.36. The summed E-state index contributed by atoms with van der Waals surface area (Å²) in [5, 5.41) is 13.1. The molecule has 1 saturated heterocycles. The molecule has 2 atom stereocenters. The van der Waals surface area contributed by atoms with Crippen molar-refractivity contribution >= 4 is 5.91 Å². The van der Waals surface area contributed by atoms with Crippen molar-refractivity contribution in [3.8, 4) is 0 Å². The van der Waals surface area contributed by atoms with Gasteiger partial charge in [0.15, 0.2) is 0 Å². The first-order valence-corrected chi connectivity index (χ1v) is 9.06. The van der Waals surface area contributed by atoms with Gasteiger partial charge in [-0.3, -0.25) is 9.69 Å². The first-order valence-electron chi connectivity index (χ1n) is 9.06. The number of nitrogens with zero attached hydrogens (tertiary/aromatic N) is 1. The van der Waals surface area contributed by atoms with Gasteiger partial charge in [-0.2, -0.15) is 0 Å². The highest BCUT2D eigenvalue weighted by Gasteiger charge is 2.28. The smallest absolute Gasteiger partial charge is 0.234 e. The molecular formula is C21H25FN2O2. The van der Waals surface area contributed by atoms with E-state index in [-0.39, 0.29) is 36.8 Å². The summed E-state index contributed by atoms with van der Waals surface area (Å²) in [7, 11) is 0. The van der Waals surface area contributed by atoms with Gasteiger partial charge in [-0.05, 0) is 24.5 Å². The third kappa shape index (κ3) is 5.13. The van der Waals surface area contributed by atoms with Crippen LogP contribution in [-0.4, -0.2) is 41.7 Å². The molecule has 0 bridgehead atoms. The lowest BCUT2D eigenvalue weighted by Gasteiger charge is -2.36. The topological polar surface area (TPSA) is 52.6 Å². The van der Waals surface area contributed by atoms with Crippen LogP contribution in [0.15, 0.2) is 54.6 Å². The van der Waals surface area contributed by atoms with Gasteiger partial charge >= 0.3 is 0 Å². The maximum absolute atomic E-state index is 13.6. The van der Waals surface area contributed by atoms with Crippen LogP contribution in [0.3, 0.4) is 0 Å². The van der Waals surface area contributed by atoms with Crippen molar-refractivity contribution in [3.63, 3.8) is 0 Å². The summed E-state index contributed by atoms with van der Waals surface area (Å²) in [6.45, 7) is 1.84. The molecule has 1 heterocycles. The molecule has 1 fully saturated rings. The SMILES string of the molecule is O=C(CN1CC[C@H](O)[C@H](Cc2ccccc2)C1)NCc1ccccc1F. The largest absolute Gasteiger partial charge is 0.393 e. The van der Waals surface area contributed by atoms with Gasteiger partial charge in [0, 0.05) is 31.1 Å². The Morgan fingerprint density at radius 2 is 1.88 bits per heavy atom. The number of carbonyl (C=O) groups excluding carboxylic acids is 1. The van der Waals surface area contributed by atoms with Crippen LogP contribution in [-0.2, 0) is 17.8 Å². The van der Waals surface area contributed by atoms with E-state index in [2.05, 4.69) is 22.3 Å². The standard InChI is InChI=1S/C21H25FN2O2/c22-19-9-5-4-8-17(19)13-23-21(26)15-24-11-10-20(25)18(14-24)12-16-6-2-1-3-7-16/h1-9,18,20,25H,10-15H2,(H,23,26)/t18-,20+/m1/s1. The quantitative estimate of drug-likeness (QED) is 0.836. The van der Waals surface area contributed by atoms with Crippen molar-refractivity contribution in [1.82, 2.24) is 10.2 Å². The van der Waals surface area contributed by atoms with Crippen LogP contribution in [0, 0.1) is 11.7 Å². The van der Waals surface area contributed by atoms with E-state index < -0.39 is 0 Å². The number of benzene rings is 2. The van der Waals surface area contributed by atoms with Gasteiger partial charge in [-0.15, -0.1) is 0 Å². The molecule has 0 spiro atoms. The van der Waals surface area contributed by atoms with Crippen LogP contribution in [0.4, 0.5) is 4.39 Å². The summed E-state index contributed by atoms with van der Waals surface area (Å²) >= 11 is 0. The third-order valence-corrected chi connectivity index (χ3v) is 4.92. The van der Waals surface area contributed by atoms with Gasteiger partial charge in [0.2, 0.25) is 5.91 Å². The lowest BCUT2D eigenvalue weighted by Crippen LogP contribution is -2.47. The summed E-state index contributed by atoms with van der Waals surface area (Å²) in [6.07, 6.45) is 1.13. The maximum atomic E-state index is 13.6. The highest BCUT2D eigenvalue weighted by Crippen LogP contribution is 2.21. The van der Waals surface area contributed by atoms with Gasteiger partial charge in [-0.25, -0.2) is 4.39 Å². The number of hydrogen-bond acceptors (Lipinski definition) is 3. The van der Waals surface area contributed by atoms with Crippen LogP contribution in [0.5, 0.6) is 0 Å². The first-order chi connectivity index (χ1) is 12.6. The van der Waals surface area contributed by atoms with Gasteiger partial charge in [0.1, 0.15) is 5.82 Å². The lowest BCUT2D eigenvalue weighted by atomic mass is 9.89. The number of aliphatic hydroxyl groups excluding tert-OH is 1. The average Bonchev–Trinajstić information content (AvgIpc) is 2.65. The van der Waals surface area contributed by atoms with E-state index >= 15 is 0 Å². The molecule has 2 N–H and O–H groups in total. The Bertz CT molecular complexity index is 723. The normalized spacial score (nSPS) is 20.7. The number of rotatable bonds is 6. The highest BCUT2D eigenvalue weighted by molar-refractivity contribution is 5.78. The lowest BCUT2D eigenvalue weighted by molar-refractivity contribution is -0.123. The monoisotopic (exact) mass is 356 g/mol. The van der Waals surface area contributed by atoms with Crippen LogP contribution in [0.25, 0.3) is 0 Å². The van der Waals surface area contributed by atoms with Gasteiger partial charge in [0.25, 0.3) is 0 Å². The Morgan fingerprint density at radius 3 is 2.65 bits per heavy atom. The molecule has 0 unspecified atom stereocenters. The van der Waals surface area contributed by atoms with E-state index in [4.69, 9.17) is 0 Å². The zero-order chi connectivity index (χ0) is 18.4. The van der Waals surface area contributed by atoms with Crippen LogP contribution in [0.1, 0.15) is 17.5 Å². The fraction of sp³-hybridized carbons (Fsp3) is 0.381. The van der Waals surface area contributed by atoms with E-state index in [1.807, 2.05) is 18.2 Å². The van der Waals surface area contributed by atoms with Gasteiger partial charge < -0.3 is 10.4 Å². The zero-order valence-electron chi connectivity index (χ0n) is 14.8. The number of carbonyl (C=O) groups is 1. The number of piperidine rings is 1. The van der Waals surface area contributed by atoms with E-state index in [1.165, 1.54) is 11.6 Å². The molecule has 138 valence electrons. The van der Waals surface area contributed by atoms with E-state index in [0.717, 1.165) is 6.42 Å². The zero-order valence-corrected chi connectivity index (χ0v) is 14.8. The molecule has 4 nitrogen and oxygen atoms in total. The minimum Gasteiger partial charge on any atom is -0.393 e. The molecule has 2 aromatic rings. The molecule has 0 saturated carbocycles. The van der Waals surface area contributed by atoms with Crippen LogP contribution >= 0.6 is 0 Å². The van der Waals surface area contributed by atoms with E-state index in [0.29, 0.717) is 25.1 Å². The fourth-order valence-electron chi connectivity index (χ4n) is 3.45. The summed E-state index contributed by atoms with van der Waals surface area (Å²) < 4.78 is 13.6. The van der Waals surface area contributed by atoms with Crippen LogP contribution < -0.4 is 5.32 Å². The second kappa shape index (κ2) is 8.92. The predicted molar refractivity (Wildman–Crippen MR) is 98.9 cm³/mol. The minimum absolute atomic E-state index is 0.116. The molecule has 1 amide bonds. The predicted octanol–water partition coefficient (Wildman–Crippen LogP) is 2.37. The molecule has 0 aromatic heterocycles. The summed E-state index contributed by atoms with van der Waals surface area (Å²) in [5.74, 6) is -0.314. The Balaban J connectivity index is 1.49. The molecule has 2 aromatic carbocycles. The van der Waals surface area contributed by atoms with Gasteiger partial charge in [0.05, 0.1) is 12.6 Å². The van der Waals surface area contributed by atoms with Crippen molar-refractivity contribution in [1.29, 1.82) is 0 Å². The highest BCUT2D eigenvalue weighted by atomic mass is 19.1. The van der Waals surface area contributed by atoms with Crippen molar-refractivity contribution in [2.24, 2.45) is 5.92 Å². The maximum Gasteiger partial charge on any atom is 0.234 e. The third-order valence-electron chi connectivity index (χ3n) is 4.92. The molecule has 0 radical (unpaired) electrons. The van der Waals surface area contributed by atoms with Crippen molar-refractivity contribution in [2.45, 2.75) is 25.5 Å². The van der Waals surface area contributed by atoms with Crippen molar-refractivity contribution in [3.05, 3.63) is 71.5 Å². The summed E-state index contributed by atoms with van der Waals surface area (Å²) in [6, 6.07) is 16.5. The molecular weight excluding hydrogens is 331 g/mol. The molecule has 26 heavy (non-hydrogen) atoms. The molecule has 3 rings (SSSR count). The Hall–Kier alpha value is -2.24. The Labute approximate surface area is 153 Å². The number of nitrogens with one attached hydrogen (secondary N) is 1. The molecule has 1 aliphatic heterocycles. The van der Waals surface area contributed by atoms with Crippen molar-refractivity contribution < 1.29 is 14.3 Å². The second-order valence-electron chi connectivity index (χ2n) is 6.91. The van der Waals surface area contributed by atoms with Gasteiger partial charge in [-0.1, -0.05) is 48.5 Å². The molecule has 1 aliphatic rings. The number of aliphatic hydroxyl groups is 1. The Morgan fingerprint density at radius 1 is 1.15 bits per heavy atom. The fourth-order valence-corrected chi connectivity index (χ4v) is 3.45. The number of halogens is 1. The molecule has 0 aliphatic carbocycles. The average molecular weight is 356 g/mol. The summed E-state index contributed by atoms with van der Waals surface area (Å²) in [5.41, 5.74) is 1.68. The molecule has 5 heteroatoms. The first kappa shape index (κ1) is 18.5. The van der Waals surface area contributed by atoms with E-state index in [9.17, 15) is 14.3 Å². The van der Waals surface area contributed by atoms with Crippen LogP contribution in [0.2, 0.25) is 0 Å². The second-order valence-corrected chi connectivity index (χ2v) is 6.91. The number of amides is 1. The number of likely N-dealkylation sites (tertiary alicyclic amines) is 1. The van der Waals surface area contributed by atoms with Crippen molar-refractivity contribution in [2.75, 3.05) is 19.6 Å². The minimum atomic E-state index is -0.340. The number of hydrogen-bond donors (Lipinski definition) is 2. The summed E-state index contributed by atoms with van der Waals surface area (Å²) in [4.78, 5) is 14.3.